The Labute approximate surface area is 146 Å². The van der Waals surface area contributed by atoms with Gasteiger partial charge in [0.25, 0.3) is 0 Å². The van der Waals surface area contributed by atoms with Crippen molar-refractivity contribution in [1.82, 2.24) is 4.72 Å². The molecule has 134 valence electrons. The summed E-state index contributed by atoms with van der Waals surface area (Å²) in [5.74, 6) is -0.565. The Balaban J connectivity index is 1.61. The summed E-state index contributed by atoms with van der Waals surface area (Å²) in [4.78, 5) is 2.21. The molecule has 0 bridgehead atoms. The van der Waals surface area contributed by atoms with Crippen molar-refractivity contribution in [3.8, 4) is 0 Å². The summed E-state index contributed by atoms with van der Waals surface area (Å²) >= 11 is 0. The minimum Gasteiger partial charge on any atom is -0.371 e. The molecule has 0 aromatic heterocycles. The van der Waals surface area contributed by atoms with Crippen LogP contribution in [-0.2, 0) is 10.0 Å². The number of benzene rings is 2. The summed E-state index contributed by atoms with van der Waals surface area (Å²) in [5.41, 5.74) is 1.31. The molecule has 1 atom stereocenters. The van der Waals surface area contributed by atoms with Gasteiger partial charge in [-0.15, -0.1) is 0 Å². The highest BCUT2D eigenvalue weighted by molar-refractivity contribution is 7.89. The van der Waals surface area contributed by atoms with Gasteiger partial charge >= 0.3 is 0 Å². The van der Waals surface area contributed by atoms with E-state index in [0.29, 0.717) is 18.7 Å². The second-order valence-electron chi connectivity index (χ2n) is 6.34. The van der Waals surface area contributed by atoms with E-state index in [2.05, 4.69) is 9.62 Å². The summed E-state index contributed by atoms with van der Waals surface area (Å²) in [6, 6.07) is 9.93. The normalized spacial score (nSPS) is 17.9. The van der Waals surface area contributed by atoms with Crippen molar-refractivity contribution in [3.05, 3.63) is 59.7 Å². The Morgan fingerprint density at radius 1 is 1.12 bits per heavy atom. The van der Waals surface area contributed by atoms with E-state index in [-0.39, 0.29) is 16.6 Å². The monoisotopic (exact) mass is 366 g/mol. The fraction of sp³-hybridized carbons (Fsp3) is 0.333. The standard InChI is InChI=1S/C18H20F2N2O2S/c1-13-10-16(20)4-7-18(13)25(23,24)21-11-14-8-9-22(12-14)17-5-2-15(19)3-6-17/h2-7,10,14,21H,8-9,11-12H2,1H3. The molecule has 25 heavy (non-hydrogen) atoms. The lowest BCUT2D eigenvalue weighted by atomic mass is 10.1. The van der Waals surface area contributed by atoms with Crippen molar-refractivity contribution in [2.45, 2.75) is 18.2 Å². The number of sulfonamides is 1. The first-order chi connectivity index (χ1) is 11.8. The molecule has 0 radical (unpaired) electrons. The van der Waals surface area contributed by atoms with Crippen LogP contribution in [0.1, 0.15) is 12.0 Å². The Kier molecular flexibility index (Phi) is 5.06. The van der Waals surface area contributed by atoms with Gasteiger partial charge in [0, 0.05) is 25.3 Å². The van der Waals surface area contributed by atoms with Gasteiger partial charge in [-0.3, -0.25) is 0 Å². The van der Waals surface area contributed by atoms with Gasteiger partial charge in [0.1, 0.15) is 11.6 Å². The van der Waals surface area contributed by atoms with Gasteiger partial charge in [0.05, 0.1) is 4.90 Å². The lowest BCUT2D eigenvalue weighted by Gasteiger charge is -2.19. The predicted octanol–water partition coefficient (Wildman–Crippen LogP) is 3.08. The third kappa shape index (κ3) is 4.16. The van der Waals surface area contributed by atoms with E-state index in [1.807, 2.05) is 0 Å². The molecule has 2 aromatic carbocycles. The smallest absolute Gasteiger partial charge is 0.240 e. The highest BCUT2D eigenvalue weighted by Crippen LogP contribution is 2.24. The summed E-state index contributed by atoms with van der Waals surface area (Å²) in [5, 5.41) is 0. The molecular weight excluding hydrogens is 346 g/mol. The molecule has 1 unspecified atom stereocenters. The number of halogens is 2. The molecule has 7 heteroatoms. The van der Waals surface area contributed by atoms with Crippen molar-refractivity contribution >= 4 is 15.7 Å². The lowest BCUT2D eigenvalue weighted by molar-refractivity contribution is 0.541. The Morgan fingerprint density at radius 2 is 1.80 bits per heavy atom. The average molecular weight is 366 g/mol. The number of nitrogens with zero attached hydrogens (tertiary/aromatic N) is 1. The predicted molar refractivity (Wildman–Crippen MR) is 93.0 cm³/mol. The first-order valence-electron chi connectivity index (χ1n) is 8.11. The second kappa shape index (κ2) is 7.09. The van der Waals surface area contributed by atoms with E-state index in [1.165, 1.54) is 24.3 Å². The maximum absolute atomic E-state index is 13.2. The first-order valence-corrected chi connectivity index (χ1v) is 9.60. The molecule has 4 nitrogen and oxygen atoms in total. The van der Waals surface area contributed by atoms with Gasteiger partial charge in [-0.05, 0) is 67.3 Å². The summed E-state index contributed by atoms with van der Waals surface area (Å²) in [6.45, 7) is 3.39. The van der Waals surface area contributed by atoms with Crippen LogP contribution in [0.5, 0.6) is 0 Å². The first kappa shape index (κ1) is 17.8. The molecule has 0 amide bonds. The molecule has 0 spiro atoms. The molecule has 1 fully saturated rings. The molecule has 1 N–H and O–H groups in total. The molecule has 1 aliphatic heterocycles. The molecule has 1 aliphatic rings. The Morgan fingerprint density at radius 3 is 2.48 bits per heavy atom. The number of rotatable bonds is 5. The van der Waals surface area contributed by atoms with Crippen LogP contribution >= 0.6 is 0 Å². The number of anilines is 1. The minimum atomic E-state index is -3.67. The zero-order valence-electron chi connectivity index (χ0n) is 13.9. The van der Waals surface area contributed by atoms with E-state index in [4.69, 9.17) is 0 Å². The fourth-order valence-corrected chi connectivity index (χ4v) is 4.45. The van der Waals surface area contributed by atoms with Crippen LogP contribution in [0.3, 0.4) is 0 Å². The van der Waals surface area contributed by atoms with Crippen molar-refractivity contribution in [2.24, 2.45) is 5.92 Å². The number of hydrogen-bond acceptors (Lipinski definition) is 3. The molecule has 3 rings (SSSR count). The van der Waals surface area contributed by atoms with Crippen LogP contribution in [0, 0.1) is 24.5 Å². The second-order valence-corrected chi connectivity index (χ2v) is 8.07. The van der Waals surface area contributed by atoms with Gasteiger partial charge in [0.2, 0.25) is 10.0 Å². The third-order valence-corrected chi connectivity index (χ3v) is 6.05. The maximum Gasteiger partial charge on any atom is 0.240 e. The SMILES string of the molecule is Cc1cc(F)ccc1S(=O)(=O)NCC1CCN(c2ccc(F)cc2)C1. The number of aryl methyl sites for hydroxylation is 1. The fourth-order valence-electron chi connectivity index (χ4n) is 3.11. The molecule has 0 aliphatic carbocycles. The molecule has 1 saturated heterocycles. The van der Waals surface area contributed by atoms with Crippen LogP contribution in [0.25, 0.3) is 0 Å². The Bertz CT molecular complexity index is 854. The zero-order valence-corrected chi connectivity index (χ0v) is 14.7. The van der Waals surface area contributed by atoms with E-state index in [1.54, 1.807) is 19.1 Å². The molecule has 0 saturated carbocycles. The number of nitrogens with one attached hydrogen (secondary N) is 1. The van der Waals surface area contributed by atoms with Gasteiger partial charge in [-0.25, -0.2) is 21.9 Å². The highest BCUT2D eigenvalue weighted by Gasteiger charge is 2.25. The Hall–Kier alpha value is -1.99. The largest absolute Gasteiger partial charge is 0.371 e. The van der Waals surface area contributed by atoms with Crippen LogP contribution < -0.4 is 9.62 Å². The average Bonchev–Trinajstić information content (AvgIpc) is 3.02. The third-order valence-electron chi connectivity index (χ3n) is 4.47. The van der Waals surface area contributed by atoms with Crippen molar-refractivity contribution in [3.63, 3.8) is 0 Å². The summed E-state index contributed by atoms with van der Waals surface area (Å²) in [7, 11) is -3.67. The van der Waals surface area contributed by atoms with Crippen LogP contribution in [0.2, 0.25) is 0 Å². The molecular formula is C18H20F2N2O2S. The van der Waals surface area contributed by atoms with Crippen molar-refractivity contribution in [2.75, 3.05) is 24.5 Å². The van der Waals surface area contributed by atoms with E-state index >= 15 is 0 Å². The van der Waals surface area contributed by atoms with Crippen LogP contribution in [0.15, 0.2) is 47.4 Å². The lowest BCUT2D eigenvalue weighted by Crippen LogP contribution is -2.31. The maximum atomic E-state index is 13.2. The van der Waals surface area contributed by atoms with Gasteiger partial charge in [0.15, 0.2) is 0 Å². The van der Waals surface area contributed by atoms with E-state index in [9.17, 15) is 17.2 Å². The molecule has 1 heterocycles. The summed E-state index contributed by atoms with van der Waals surface area (Å²) < 4.78 is 53.6. The van der Waals surface area contributed by atoms with Gasteiger partial charge < -0.3 is 4.90 Å². The topological polar surface area (TPSA) is 49.4 Å². The highest BCUT2D eigenvalue weighted by atomic mass is 32.2. The quantitative estimate of drug-likeness (QED) is 0.885. The van der Waals surface area contributed by atoms with Crippen molar-refractivity contribution < 1.29 is 17.2 Å². The van der Waals surface area contributed by atoms with E-state index < -0.39 is 15.8 Å². The van der Waals surface area contributed by atoms with Crippen molar-refractivity contribution in [1.29, 1.82) is 0 Å². The zero-order chi connectivity index (χ0) is 18.0. The van der Waals surface area contributed by atoms with Crippen LogP contribution in [-0.4, -0.2) is 28.1 Å². The van der Waals surface area contributed by atoms with Gasteiger partial charge in [-0.1, -0.05) is 0 Å². The summed E-state index contributed by atoms with van der Waals surface area (Å²) in [6.07, 6.45) is 0.850. The minimum absolute atomic E-state index is 0.0993. The number of hydrogen-bond donors (Lipinski definition) is 1. The van der Waals surface area contributed by atoms with E-state index in [0.717, 1.165) is 24.7 Å². The van der Waals surface area contributed by atoms with Crippen LogP contribution in [0.4, 0.5) is 14.5 Å². The molecule has 2 aromatic rings. The van der Waals surface area contributed by atoms with Gasteiger partial charge in [-0.2, -0.15) is 0 Å².